The van der Waals surface area contributed by atoms with Crippen molar-refractivity contribution in [3.8, 4) is 5.69 Å². The summed E-state index contributed by atoms with van der Waals surface area (Å²) in [7, 11) is 1.45. The van der Waals surface area contributed by atoms with E-state index in [2.05, 4.69) is 5.10 Å². The van der Waals surface area contributed by atoms with Crippen LogP contribution in [0.25, 0.3) is 5.69 Å². The molecule has 0 aliphatic heterocycles. The van der Waals surface area contributed by atoms with Gasteiger partial charge < -0.3 is 4.90 Å². The fourth-order valence-corrected chi connectivity index (χ4v) is 3.17. The molecule has 8 heteroatoms. The lowest BCUT2D eigenvalue weighted by atomic mass is 10.1. The number of carbonyl (C=O) groups excluding carboxylic acids is 1. The summed E-state index contributed by atoms with van der Waals surface area (Å²) in [5.41, 5.74) is 0.728. The number of rotatable bonds is 5. The zero-order valence-electron chi connectivity index (χ0n) is 15.9. The maximum absolute atomic E-state index is 13.2. The summed E-state index contributed by atoms with van der Waals surface area (Å²) in [4.78, 5) is 14.2. The van der Waals surface area contributed by atoms with E-state index in [1.807, 2.05) is 6.92 Å². The van der Waals surface area contributed by atoms with Crippen molar-refractivity contribution in [1.29, 1.82) is 0 Å². The Morgan fingerprint density at radius 3 is 2.38 bits per heavy atom. The Morgan fingerprint density at radius 1 is 1.10 bits per heavy atom. The van der Waals surface area contributed by atoms with Crippen LogP contribution in [0.4, 0.5) is 17.6 Å². The Morgan fingerprint density at radius 2 is 1.76 bits per heavy atom. The van der Waals surface area contributed by atoms with Crippen molar-refractivity contribution >= 4 is 5.91 Å². The monoisotopic (exact) mass is 405 g/mol. The predicted molar refractivity (Wildman–Crippen MR) is 100 cm³/mol. The molecule has 1 heterocycles. The van der Waals surface area contributed by atoms with Gasteiger partial charge in [0.05, 0.1) is 28.7 Å². The molecule has 3 aromatic rings. The number of hydrogen-bond donors (Lipinski definition) is 0. The average molecular weight is 405 g/mol. The van der Waals surface area contributed by atoms with Gasteiger partial charge in [-0.25, -0.2) is 9.07 Å². The van der Waals surface area contributed by atoms with Gasteiger partial charge in [-0.1, -0.05) is 25.1 Å². The largest absolute Gasteiger partial charge is 0.416 e. The predicted octanol–water partition coefficient (Wildman–Crippen LogP) is 4.86. The van der Waals surface area contributed by atoms with E-state index in [1.165, 1.54) is 53.2 Å². The van der Waals surface area contributed by atoms with E-state index in [-0.39, 0.29) is 12.1 Å². The number of carbonyl (C=O) groups is 1. The molecule has 0 atom stereocenters. The van der Waals surface area contributed by atoms with Crippen LogP contribution < -0.4 is 0 Å². The molecular weight excluding hydrogens is 386 g/mol. The highest BCUT2D eigenvalue weighted by Crippen LogP contribution is 2.32. The van der Waals surface area contributed by atoms with Crippen molar-refractivity contribution in [2.45, 2.75) is 26.1 Å². The fourth-order valence-electron chi connectivity index (χ4n) is 3.17. The standard InChI is InChI=1S/C21H19F4N3O/c1-3-19-17(12-26-28(19)16-10-8-15(22)9-11-16)20(29)27(2)13-14-6-4-5-7-18(14)21(23,24)25/h4-12H,3,13H2,1-2H3. The number of nitrogens with zero attached hydrogens (tertiary/aromatic N) is 3. The average Bonchev–Trinajstić information content (AvgIpc) is 3.11. The molecule has 4 nitrogen and oxygen atoms in total. The van der Waals surface area contributed by atoms with Crippen LogP contribution in [0.15, 0.2) is 54.7 Å². The highest BCUT2D eigenvalue weighted by atomic mass is 19.4. The SMILES string of the molecule is CCc1c(C(=O)N(C)Cc2ccccc2C(F)(F)F)cnn1-c1ccc(F)cc1. The number of halogens is 4. The van der Waals surface area contributed by atoms with Crippen LogP contribution in [0.1, 0.15) is 34.1 Å². The van der Waals surface area contributed by atoms with Gasteiger partial charge in [-0.05, 0) is 42.3 Å². The fraction of sp³-hybridized carbons (Fsp3) is 0.238. The van der Waals surface area contributed by atoms with Crippen molar-refractivity contribution in [3.63, 3.8) is 0 Å². The van der Waals surface area contributed by atoms with Crippen molar-refractivity contribution in [2.24, 2.45) is 0 Å². The Labute approximate surface area is 165 Å². The van der Waals surface area contributed by atoms with Gasteiger partial charge in [-0.3, -0.25) is 4.79 Å². The Bertz CT molecular complexity index is 1010. The van der Waals surface area contributed by atoms with Gasteiger partial charge in [0.25, 0.3) is 5.91 Å². The number of alkyl halides is 3. The summed E-state index contributed by atoms with van der Waals surface area (Å²) in [5.74, 6) is -0.828. The molecule has 0 saturated heterocycles. The Hall–Kier alpha value is -3.16. The van der Waals surface area contributed by atoms with Crippen LogP contribution in [0.2, 0.25) is 0 Å². The summed E-state index contributed by atoms with van der Waals surface area (Å²) in [6, 6.07) is 10.8. The van der Waals surface area contributed by atoms with Crippen LogP contribution in [-0.2, 0) is 19.1 Å². The van der Waals surface area contributed by atoms with Gasteiger partial charge in [0.2, 0.25) is 0 Å². The number of benzene rings is 2. The number of hydrogen-bond acceptors (Lipinski definition) is 2. The minimum atomic E-state index is -4.50. The van der Waals surface area contributed by atoms with E-state index in [1.54, 1.807) is 12.1 Å². The molecule has 0 fully saturated rings. The third-order valence-electron chi connectivity index (χ3n) is 4.58. The van der Waals surface area contributed by atoms with E-state index < -0.39 is 23.5 Å². The van der Waals surface area contributed by atoms with Crippen LogP contribution >= 0.6 is 0 Å². The third-order valence-corrected chi connectivity index (χ3v) is 4.58. The highest BCUT2D eigenvalue weighted by molar-refractivity contribution is 5.95. The molecule has 0 spiro atoms. The van der Waals surface area contributed by atoms with Crippen molar-refractivity contribution in [2.75, 3.05) is 7.05 Å². The molecule has 0 saturated carbocycles. The quantitative estimate of drug-likeness (QED) is 0.569. The Kier molecular flexibility index (Phi) is 5.72. The molecule has 3 rings (SSSR count). The molecule has 1 aromatic heterocycles. The van der Waals surface area contributed by atoms with Gasteiger partial charge in [0, 0.05) is 13.6 Å². The Balaban J connectivity index is 1.89. The minimum Gasteiger partial charge on any atom is -0.337 e. The van der Waals surface area contributed by atoms with Crippen LogP contribution in [0.5, 0.6) is 0 Å². The molecule has 0 radical (unpaired) electrons. The second-order valence-corrected chi connectivity index (χ2v) is 6.56. The zero-order chi connectivity index (χ0) is 21.2. The first kappa shape index (κ1) is 20.6. The molecule has 152 valence electrons. The van der Waals surface area contributed by atoms with E-state index in [0.717, 1.165) is 6.07 Å². The summed E-state index contributed by atoms with van der Waals surface area (Å²) in [6.07, 6.45) is -2.65. The molecule has 0 aliphatic carbocycles. The first-order valence-electron chi connectivity index (χ1n) is 8.95. The zero-order valence-corrected chi connectivity index (χ0v) is 15.9. The van der Waals surface area contributed by atoms with Crippen LogP contribution in [-0.4, -0.2) is 27.6 Å². The van der Waals surface area contributed by atoms with E-state index in [0.29, 0.717) is 23.4 Å². The summed E-state index contributed by atoms with van der Waals surface area (Å²) < 4.78 is 54.4. The first-order valence-corrected chi connectivity index (χ1v) is 8.95. The molecule has 0 bridgehead atoms. The molecule has 0 N–H and O–H groups in total. The van der Waals surface area contributed by atoms with Crippen molar-refractivity contribution < 1.29 is 22.4 Å². The number of amides is 1. The lowest BCUT2D eigenvalue weighted by Gasteiger charge is -2.20. The van der Waals surface area contributed by atoms with Crippen LogP contribution in [0, 0.1) is 5.82 Å². The second kappa shape index (κ2) is 8.06. The summed E-state index contributed by atoms with van der Waals surface area (Å²) >= 11 is 0. The lowest BCUT2D eigenvalue weighted by Crippen LogP contribution is -2.28. The van der Waals surface area contributed by atoms with E-state index in [9.17, 15) is 22.4 Å². The highest BCUT2D eigenvalue weighted by Gasteiger charge is 2.33. The van der Waals surface area contributed by atoms with Gasteiger partial charge in [0.15, 0.2) is 0 Å². The molecule has 0 aliphatic rings. The van der Waals surface area contributed by atoms with E-state index >= 15 is 0 Å². The number of aromatic nitrogens is 2. The molecule has 2 aromatic carbocycles. The molecule has 0 unspecified atom stereocenters. The molecule has 1 amide bonds. The smallest absolute Gasteiger partial charge is 0.337 e. The normalized spacial score (nSPS) is 11.5. The van der Waals surface area contributed by atoms with Crippen molar-refractivity contribution in [1.82, 2.24) is 14.7 Å². The first-order chi connectivity index (χ1) is 13.7. The maximum atomic E-state index is 13.2. The molecular formula is C21H19F4N3O. The van der Waals surface area contributed by atoms with Crippen molar-refractivity contribution in [3.05, 3.63) is 82.9 Å². The second-order valence-electron chi connectivity index (χ2n) is 6.56. The van der Waals surface area contributed by atoms with Gasteiger partial charge >= 0.3 is 6.18 Å². The minimum absolute atomic E-state index is 0.0137. The maximum Gasteiger partial charge on any atom is 0.416 e. The van der Waals surface area contributed by atoms with Gasteiger partial charge in [0.1, 0.15) is 5.82 Å². The molecule has 29 heavy (non-hydrogen) atoms. The topological polar surface area (TPSA) is 38.1 Å². The summed E-state index contributed by atoms with van der Waals surface area (Å²) in [5, 5.41) is 4.22. The van der Waals surface area contributed by atoms with E-state index in [4.69, 9.17) is 0 Å². The van der Waals surface area contributed by atoms with Crippen LogP contribution in [0.3, 0.4) is 0 Å². The van der Waals surface area contributed by atoms with Gasteiger partial charge in [-0.15, -0.1) is 0 Å². The summed E-state index contributed by atoms with van der Waals surface area (Å²) in [6.45, 7) is 1.65. The lowest BCUT2D eigenvalue weighted by molar-refractivity contribution is -0.138. The van der Waals surface area contributed by atoms with Gasteiger partial charge in [-0.2, -0.15) is 18.3 Å². The third kappa shape index (κ3) is 4.31.